The lowest BCUT2D eigenvalue weighted by molar-refractivity contribution is -0.274. The molecule has 0 spiro atoms. The van der Waals surface area contributed by atoms with Gasteiger partial charge in [0.1, 0.15) is 17.3 Å². The van der Waals surface area contributed by atoms with E-state index in [1.165, 1.54) is 11.0 Å². The second-order valence-corrected chi connectivity index (χ2v) is 6.45. The van der Waals surface area contributed by atoms with Crippen molar-refractivity contribution >= 4 is 5.97 Å². The lowest BCUT2D eigenvalue weighted by Gasteiger charge is -2.38. The molecule has 1 fully saturated rings. The summed E-state index contributed by atoms with van der Waals surface area (Å²) in [4.78, 5) is 24.0. The Labute approximate surface area is 155 Å². The van der Waals surface area contributed by atoms with E-state index in [0.717, 1.165) is 12.1 Å². The normalized spacial score (nSPS) is 20.9. The number of piperidine rings is 1. The van der Waals surface area contributed by atoms with Crippen LogP contribution in [0, 0.1) is 5.82 Å². The van der Waals surface area contributed by atoms with Gasteiger partial charge in [-0.2, -0.15) is 5.16 Å². The van der Waals surface area contributed by atoms with Crippen molar-refractivity contribution in [3.63, 3.8) is 0 Å². The van der Waals surface area contributed by atoms with Gasteiger partial charge in [0.15, 0.2) is 0 Å². The molecule has 11 heteroatoms. The number of carbonyl (C=O) groups is 1. The number of H-pyrrole nitrogens is 1. The van der Waals surface area contributed by atoms with Gasteiger partial charge in [0.05, 0.1) is 6.54 Å². The van der Waals surface area contributed by atoms with Crippen molar-refractivity contribution < 1.29 is 36.7 Å². The number of nitrogens with one attached hydrogen (secondary N) is 1. The third-order valence-corrected chi connectivity index (χ3v) is 4.56. The molecule has 1 aromatic carbocycles. The Balaban J connectivity index is 1.89. The molecular weight excluding hydrogens is 388 g/mol. The first-order valence-electron chi connectivity index (χ1n) is 8.32. The molecule has 152 valence electrons. The lowest BCUT2D eigenvalue weighted by atomic mass is 9.85. The zero-order valence-electron chi connectivity index (χ0n) is 14.3. The number of aromatic nitrogens is 1. The Kier molecular flexibility index (Phi) is 5.45. The minimum absolute atomic E-state index is 0.0401. The first-order valence-corrected chi connectivity index (χ1v) is 8.32. The molecule has 2 atom stereocenters. The quantitative estimate of drug-likeness (QED) is 0.744. The van der Waals surface area contributed by atoms with Gasteiger partial charge in [0.25, 0.3) is 5.56 Å². The second kappa shape index (κ2) is 7.66. The van der Waals surface area contributed by atoms with Crippen molar-refractivity contribution in [3.8, 4) is 5.75 Å². The van der Waals surface area contributed by atoms with E-state index in [4.69, 9.17) is 9.63 Å². The van der Waals surface area contributed by atoms with Gasteiger partial charge < -0.3 is 14.4 Å². The highest BCUT2D eigenvalue weighted by molar-refractivity contribution is 5.69. The molecule has 7 nitrogen and oxygen atoms in total. The van der Waals surface area contributed by atoms with Gasteiger partial charge in [-0.1, -0.05) is 6.07 Å². The predicted octanol–water partition coefficient (Wildman–Crippen LogP) is 3.01. The largest absolute Gasteiger partial charge is 0.573 e. The number of hydrogen-bond acceptors (Lipinski definition) is 5. The summed E-state index contributed by atoms with van der Waals surface area (Å²) in [5, 5.41) is 11.3. The molecule has 0 aliphatic carbocycles. The maximum Gasteiger partial charge on any atom is 0.573 e. The average Bonchev–Trinajstić information content (AvgIpc) is 3.00. The smallest absolute Gasteiger partial charge is 0.480 e. The van der Waals surface area contributed by atoms with E-state index < -0.39 is 35.5 Å². The number of ether oxygens (including phenoxy) is 1. The number of halogens is 4. The van der Waals surface area contributed by atoms with Crippen LogP contribution >= 0.6 is 0 Å². The summed E-state index contributed by atoms with van der Waals surface area (Å²) in [5.74, 6) is -2.68. The number of carboxylic acid groups (broad SMARTS) is 1. The van der Waals surface area contributed by atoms with Crippen molar-refractivity contribution in [2.75, 3.05) is 13.1 Å². The van der Waals surface area contributed by atoms with Gasteiger partial charge in [-0.3, -0.25) is 14.5 Å². The summed E-state index contributed by atoms with van der Waals surface area (Å²) in [6.45, 7) is -0.0918. The topological polar surface area (TPSA) is 95.8 Å². The van der Waals surface area contributed by atoms with Crippen LogP contribution in [0.1, 0.15) is 36.1 Å². The molecule has 0 bridgehead atoms. The van der Waals surface area contributed by atoms with Gasteiger partial charge in [0.2, 0.25) is 0 Å². The minimum Gasteiger partial charge on any atom is -0.480 e. The molecule has 2 aromatic rings. The molecular formula is C17H16F4N2O5. The van der Waals surface area contributed by atoms with Crippen LogP contribution < -0.4 is 10.3 Å². The molecule has 0 saturated carbocycles. The van der Waals surface area contributed by atoms with Crippen LogP contribution in [0.2, 0.25) is 0 Å². The average molecular weight is 404 g/mol. The van der Waals surface area contributed by atoms with Crippen molar-refractivity contribution in [1.29, 1.82) is 0 Å². The van der Waals surface area contributed by atoms with Crippen LogP contribution in [0.15, 0.2) is 33.6 Å². The van der Waals surface area contributed by atoms with E-state index in [0.29, 0.717) is 18.2 Å². The number of carboxylic acids is 1. The van der Waals surface area contributed by atoms with E-state index >= 15 is 0 Å². The number of likely N-dealkylation sites (tertiary alicyclic amines) is 1. The third kappa shape index (κ3) is 4.71. The Bertz CT molecular complexity index is 907. The highest BCUT2D eigenvalue weighted by Crippen LogP contribution is 2.40. The summed E-state index contributed by atoms with van der Waals surface area (Å²) >= 11 is 0. The Hall–Kier alpha value is -2.82. The number of hydrogen-bond donors (Lipinski definition) is 2. The number of aliphatic carboxylic acids is 1. The highest BCUT2D eigenvalue weighted by Gasteiger charge is 2.35. The predicted molar refractivity (Wildman–Crippen MR) is 86.3 cm³/mol. The summed E-state index contributed by atoms with van der Waals surface area (Å²) in [6, 6.07) is 3.28. The fourth-order valence-corrected chi connectivity index (χ4v) is 3.43. The summed E-state index contributed by atoms with van der Waals surface area (Å²) < 4.78 is 60.3. The fourth-order valence-electron chi connectivity index (χ4n) is 3.43. The monoisotopic (exact) mass is 404 g/mol. The Morgan fingerprint density at radius 3 is 2.68 bits per heavy atom. The van der Waals surface area contributed by atoms with Crippen LogP contribution in [0.4, 0.5) is 17.6 Å². The van der Waals surface area contributed by atoms with Gasteiger partial charge in [-0.25, -0.2) is 4.39 Å². The molecule has 1 saturated heterocycles. The van der Waals surface area contributed by atoms with Crippen LogP contribution in [0.25, 0.3) is 0 Å². The van der Waals surface area contributed by atoms with Crippen molar-refractivity contribution in [3.05, 3.63) is 51.8 Å². The van der Waals surface area contributed by atoms with Crippen molar-refractivity contribution in [1.82, 2.24) is 10.1 Å². The van der Waals surface area contributed by atoms with Crippen molar-refractivity contribution in [2.45, 2.75) is 31.2 Å². The van der Waals surface area contributed by atoms with E-state index in [2.05, 4.69) is 9.89 Å². The van der Waals surface area contributed by atoms with Gasteiger partial charge >= 0.3 is 12.3 Å². The number of aromatic amines is 1. The zero-order valence-corrected chi connectivity index (χ0v) is 14.3. The van der Waals surface area contributed by atoms with Crippen LogP contribution in [-0.4, -0.2) is 40.6 Å². The first kappa shape index (κ1) is 19.9. The third-order valence-electron chi connectivity index (χ3n) is 4.56. The van der Waals surface area contributed by atoms with E-state index in [1.54, 1.807) is 0 Å². The lowest BCUT2D eigenvalue weighted by Crippen LogP contribution is -2.39. The van der Waals surface area contributed by atoms with E-state index in [9.17, 15) is 27.2 Å². The molecule has 1 aliphatic rings. The SMILES string of the molecule is O=C(O)CN1CCC(c2cc(=O)[nH]o2)CC1c1ccc(OC(F)(F)F)cc1F. The number of benzene rings is 1. The second-order valence-electron chi connectivity index (χ2n) is 6.45. The number of alkyl halides is 3. The minimum atomic E-state index is -4.95. The van der Waals surface area contributed by atoms with Crippen LogP contribution in [-0.2, 0) is 4.79 Å². The Morgan fingerprint density at radius 1 is 1.36 bits per heavy atom. The molecule has 2 N–H and O–H groups in total. The van der Waals surface area contributed by atoms with E-state index in [-0.39, 0.29) is 31.0 Å². The molecule has 0 radical (unpaired) electrons. The zero-order chi connectivity index (χ0) is 20.5. The van der Waals surface area contributed by atoms with Gasteiger partial charge in [0, 0.05) is 36.2 Å². The van der Waals surface area contributed by atoms with Crippen LogP contribution in [0.5, 0.6) is 5.75 Å². The van der Waals surface area contributed by atoms with Gasteiger partial charge in [-0.15, -0.1) is 13.2 Å². The summed E-state index contributed by atoms with van der Waals surface area (Å²) in [7, 11) is 0. The molecule has 2 heterocycles. The summed E-state index contributed by atoms with van der Waals surface area (Å²) in [6.07, 6.45) is -4.25. The van der Waals surface area contributed by atoms with Crippen LogP contribution in [0.3, 0.4) is 0 Å². The molecule has 0 amide bonds. The molecule has 3 rings (SSSR count). The number of rotatable bonds is 5. The first-order chi connectivity index (χ1) is 13.1. The molecule has 1 aliphatic heterocycles. The van der Waals surface area contributed by atoms with Crippen molar-refractivity contribution in [2.24, 2.45) is 0 Å². The fraction of sp³-hybridized carbons (Fsp3) is 0.412. The number of nitrogens with zero attached hydrogens (tertiary/aromatic N) is 1. The Morgan fingerprint density at radius 2 is 2.11 bits per heavy atom. The maximum absolute atomic E-state index is 14.6. The standard InChI is InChI=1S/C17H16F4N2O5/c18-12-6-10(27-17(19,20)21)1-2-11(12)13-5-9(14-7-15(24)22-28-14)3-4-23(13)8-16(25)26/h1-2,6-7,9,13H,3-5,8H2,(H,22,24)(H,25,26). The molecule has 2 unspecified atom stereocenters. The molecule has 28 heavy (non-hydrogen) atoms. The van der Waals surface area contributed by atoms with Gasteiger partial charge in [-0.05, 0) is 18.9 Å². The molecule has 1 aromatic heterocycles. The maximum atomic E-state index is 14.6. The summed E-state index contributed by atoms with van der Waals surface area (Å²) in [5.41, 5.74) is -0.391. The van der Waals surface area contributed by atoms with E-state index in [1.807, 2.05) is 0 Å². The highest BCUT2D eigenvalue weighted by atomic mass is 19.4.